The third-order valence-electron chi connectivity index (χ3n) is 0.842. The van der Waals surface area contributed by atoms with Crippen molar-refractivity contribution in [2.45, 2.75) is 6.42 Å². The molecule has 0 atom stereocenters. The van der Waals surface area contributed by atoms with Crippen molar-refractivity contribution in [1.29, 1.82) is 0 Å². The summed E-state index contributed by atoms with van der Waals surface area (Å²) in [6, 6.07) is 0. The summed E-state index contributed by atoms with van der Waals surface area (Å²) < 4.78 is 0. The highest BCUT2D eigenvalue weighted by molar-refractivity contribution is 5.00. The Labute approximate surface area is 43.7 Å². The van der Waals surface area contributed by atoms with Gasteiger partial charge in [-0.1, -0.05) is 6.08 Å². The highest BCUT2D eigenvalue weighted by Crippen LogP contribution is 1.84. The molecule has 0 aromatic carbocycles. The van der Waals surface area contributed by atoms with Crippen LogP contribution in [0.5, 0.6) is 0 Å². The maximum atomic E-state index is 3.07. The smallest absolute Gasteiger partial charge is 0.0182 e. The minimum Gasteiger partial charge on any atom is -0.391 e. The van der Waals surface area contributed by atoms with E-state index in [0.717, 1.165) is 13.0 Å². The van der Waals surface area contributed by atoms with E-state index in [2.05, 4.69) is 11.4 Å². The average Bonchev–Trinajstić information content (AvgIpc) is 1.90. The van der Waals surface area contributed by atoms with E-state index in [1.54, 1.807) is 0 Å². The molecule has 0 saturated heterocycles. The Morgan fingerprint density at radius 3 is 3.57 bits per heavy atom. The van der Waals surface area contributed by atoms with Gasteiger partial charge in [-0.15, -0.1) is 0 Å². The highest BCUT2D eigenvalue weighted by atomic mass is 14.8. The number of hydrogen-bond donors (Lipinski definition) is 1. The van der Waals surface area contributed by atoms with E-state index in [-0.39, 0.29) is 0 Å². The summed E-state index contributed by atoms with van der Waals surface area (Å²) in [7, 11) is 0. The molecule has 1 rings (SSSR count). The molecule has 0 unspecified atom stereocenters. The van der Waals surface area contributed by atoms with Crippen LogP contribution in [0.4, 0.5) is 0 Å². The molecule has 1 aliphatic heterocycles. The van der Waals surface area contributed by atoms with Crippen molar-refractivity contribution >= 4 is 0 Å². The van der Waals surface area contributed by atoms with Gasteiger partial charge in [0.05, 0.1) is 0 Å². The molecule has 1 heterocycles. The fraction of sp³-hybridized carbons (Fsp3) is 0.333. The first-order chi connectivity index (χ1) is 3.50. The molecule has 0 saturated carbocycles. The lowest BCUT2D eigenvalue weighted by Crippen LogP contribution is -2.03. The molecule has 1 heteroatoms. The van der Waals surface area contributed by atoms with Crippen LogP contribution in [0.15, 0.2) is 18.4 Å². The summed E-state index contributed by atoms with van der Waals surface area (Å²) in [5.41, 5.74) is 0. The van der Waals surface area contributed by atoms with Gasteiger partial charge in [0.15, 0.2) is 0 Å². The molecule has 1 radical (unpaired) electrons. The molecular weight excluding hydrogens is 86.1 g/mol. The molecule has 0 bridgehead atoms. The van der Waals surface area contributed by atoms with Crippen LogP contribution in [0, 0.1) is 6.08 Å². The van der Waals surface area contributed by atoms with E-state index in [0.29, 0.717) is 0 Å². The summed E-state index contributed by atoms with van der Waals surface area (Å²) >= 11 is 0. The SMILES string of the molecule is [C]1=CC=CNCC1. The van der Waals surface area contributed by atoms with Gasteiger partial charge in [0.25, 0.3) is 0 Å². The molecule has 1 N–H and O–H groups in total. The first-order valence-electron chi connectivity index (χ1n) is 2.45. The summed E-state index contributed by atoms with van der Waals surface area (Å²) in [4.78, 5) is 0. The fourth-order valence-corrected chi connectivity index (χ4v) is 0.495. The van der Waals surface area contributed by atoms with E-state index >= 15 is 0 Å². The molecule has 0 aromatic rings. The third-order valence-corrected chi connectivity index (χ3v) is 0.842. The van der Waals surface area contributed by atoms with Crippen molar-refractivity contribution in [3.8, 4) is 0 Å². The fourth-order valence-electron chi connectivity index (χ4n) is 0.495. The normalized spacial score (nSPS) is 18.3. The van der Waals surface area contributed by atoms with Crippen LogP contribution in [-0.2, 0) is 0 Å². The first-order valence-corrected chi connectivity index (χ1v) is 2.45. The molecule has 0 aromatic heterocycles. The zero-order valence-electron chi connectivity index (χ0n) is 4.15. The van der Waals surface area contributed by atoms with Crippen LogP contribution in [0.2, 0.25) is 0 Å². The standard InChI is InChI=1S/C6H8N/c1-2-4-6-7-5-3-1/h1,3,5,7H,4,6H2. The molecule has 1 aliphatic rings. The Hall–Kier alpha value is -0.720. The largest absolute Gasteiger partial charge is 0.391 e. The second-order valence-electron chi connectivity index (χ2n) is 1.43. The number of allylic oxidation sites excluding steroid dienone is 2. The van der Waals surface area contributed by atoms with Crippen molar-refractivity contribution in [3.05, 3.63) is 24.4 Å². The Balaban J connectivity index is 2.39. The number of hydrogen-bond acceptors (Lipinski definition) is 1. The van der Waals surface area contributed by atoms with Gasteiger partial charge in [-0.3, -0.25) is 0 Å². The van der Waals surface area contributed by atoms with E-state index < -0.39 is 0 Å². The summed E-state index contributed by atoms with van der Waals surface area (Å²) in [5.74, 6) is 0. The molecule has 0 fully saturated rings. The number of rotatable bonds is 0. The molecule has 0 amide bonds. The van der Waals surface area contributed by atoms with Crippen LogP contribution in [0.1, 0.15) is 6.42 Å². The third kappa shape index (κ3) is 1.44. The van der Waals surface area contributed by atoms with Crippen molar-refractivity contribution in [2.24, 2.45) is 0 Å². The van der Waals surface area contributed by atoms with E-state index in [1.165, 1.54) is 0 Å². The van der Waals surface area contributed by atoms with Crippen LogP contribution in [-0.4, -0.2) is 6.54 Å². The van der Waals surface area contributed by atoms with Gasteiger partial charge in [-0.2, -0.15) is 0 Å². The molecule has 7 heavy (non-hydrogen) atoms. The average molecular weight is 94.1 g/mol. The molecular formula is C6H8N. The van der Waals surface area contributed by atoms with Gasteiger partial charge in [0, 0.05) is 6.54 Å². The molecule has 1 nitrogen and oxygen atoms in total. The minimum atomic E-state index is 1.02. The van der Waals surface area contributed by atoms with E-state index in [4.69, 9.17) is 0 Å². The van der Waals surface area contributed by atoms with Crippen LogP contribution < -0.4 is 5.32 Å². The van der Waals surface area contributed by atoms with Crippen LogP contribution in [0.3, 0.4) is 0 Å². The molecule has 0 aliphatic carbocycles. The van der Waals surface area contributed by atoms with Gasteiger partial charge >= 0.3 is 0 Å². The van der Waals surface area contributed by atoms with Crippen molar-refractivity contribution in [3.63, 3.8) is 0 Å². The highest BCUT2D eigenvalue weighted by Gasteiger charge is 1.79. The Bertz CT molecular complexity index is 80.4. The van der Waals surface area contributed by atoms with Crippen molar-refractivity contribution in [1.82, 2.24) is 5.32 Å². The van der Waals surface area contributed by atoms with Gasteiger partial charge in [0.1, 0.15) is 0 Å². The van der Waals surface area contributed by atoms with Crippen LogP contribution >= 0.6 is 0 Å². The van der Waals surface area contributed by atoms with Gasteiger partial charge < -0.3 is 5.32 Å². The summed E-state index contributed by atoms with van der Waals surface area (Å²) in [6.45, 7) is 1.02. The van der Waals surface area contributed by atoms with Gasteiger partial charge in [0.2, 0.25) is 0 Å². The lowest BCUT2D eigenvalue weighted by molar-refractivity contribution is 0.850. The second-order valence-corrected chi connectivity index (χ2v) is 1.43. The summed E-state index contributed by atoms with van der Waals surface area (Å²) in [6.07, 6.45) is 9.91. The topological polar surface area (TPSA) is 12.0 Å². The van der Waals surface area contributed by atoms with Gasteiger partial charge in [-0.05, 0) is 24.8 Å². The van der Waals surface area contributed by atoms with E-state index in [9.17, 15) is 0 Å². The van der Waals surface area contributed by atoms with E-state index in [1.807, 2.05) is 18.4 Å². The zero-order chi connectivity index (χ0) is 4.95. The maximum Gasteiger partial charge on any atom is 0.0182 e. The van der Waals surface area contributed by atoms with Crippen molar-refractivity contribution < 1.29 is 0 Å². The second kappa shape index (κ2) is 2.45. The molecule has 37 valence electrons. The predicted octanol–water partition coefficient (Wildman–Crippen LogP) is 0.853. The molecule has 0 spiro atoms. The Kier molecular flexibility index (Phi) is 1.56. The predicted molar refractivity (Wildman–Crippen MR) is 29.6 cm³/mol. The maximum absolute atomic E-state index is 3.07. The zero-order valence-corrected chi connectivity index (χ0v) is 4.15. The van der Waals surface area contributed by atoms with Crippen LogP contribution in [0.25, 0.3) is 0 Å². The Morgan fingerprint density at radius 2 is 2.57 bits per heavy atom. The lowest BCUT2D eigenvalue weighted by Gasteiger charge is -1.88. The number of nitrogens with one attached hydrogen (secondary N) is 1. The minimum absolute atomic E-state index is 1.02. The van der Waals surface area contributed by atoms with Crippen molar-refractivity contribution in [2.75, 3.05) is 6.54 Å². The monoisotopic (exact) mass is 94.1 g/mol. The lowest BCUT2D eigenvalue weighted by atomic mass is 10.4. The Morgan fingerprint density at radius 1 is 1.57 bits per heavy atom. The first kappa shape index (κ1) is 4.44. The quantitative estimate of drug-likeness (QED) is 0.469. The van der Waals surface area contributed by atoms with Gasteiger partial charge in [-0.25, -0.2) is 0 Å². The summed E-state index contributed by atoms with van der Waals surface area (Å²) in [5, 5.41) is 3.07.